The lowest BCUT2D eigenvalue weighted by Gasteiger charge is -2.13. The van der Waals surface area contributed by atoms with Gasteiger partial charge in [0, 0.05) is 0 Å². The Morgan fingerprint density at radius 2 is 2.17 bits per heavy atom. The van der Waals surface area contributed by atoms with Crippen LogP contribution in [0.1, 0.15) is 5.56 Å². The lowest BCUT2D eigenvalue weighted by Crippen LogP contribution is -2.29. The summed E-state index contributed by atoms with van der Waals surface area (Å²) in [5, 5.41) is 8.55. The predicted molar refractivity (Wildman–Crippen MR) is 64.2 cm³/mol. The van der Waals surface area contributed by atoms with E-state index in [1.165, 1.54) is 0 Å². The lowest BCUT2D eigenvalue weighted by molar-refractivity contribution is 0.153. The van der Waals surface area contributed by atoms with E-state index in [4.69, 9.17) is 14.7 Å². The van der Waals surface area contributed by atoms with Crippen LogP contribution in [-0.2, 0) is 11.2 Å². The molecule has 0 N–H and O–H groups in total. The number of amides is 1. The first-order chi connectivity index (χ1) is 8.79. The van der Waals surface area contributed by atoms with Crippen molar-refractivity contribution >= 4 is 6.09 Å². The second kappa shape index (κ2) is 5.92. The van der Waals surface area contributed by atoms with Gasteiger partial charge in [0.1, 0.15) is 19.0 Å². The molecule has 0 aliphatic carbocycles. The van der Waals surface area contributed by atoms with Crippen LogP contribution in [0.5, 0.6) is 5.75 Å². The second-order valence-corrected chi connectivity index (χ2v) is 3.93. The van der Waals surface area contributed by atoms with Gasteiger partial charge in [-0.2, -0.15) is 5.26 Å². The Balaban J connectivity index is 1.76. The van der Waals surface area contributed by atoms with Crippen molar-refractivity contribution in [2.45, 2.75) is 6.42 Å². The Morgan fingerprint density at radius 3 is 2.78 bits per heavy atom. The zero-order valence-corrected chi connectivity index (χ0v) is 9.96. The van der Waals surface area contributed by atoms with Crippen LogP contribution >= 0.6 is 0 Å². The van der Waals surface area contributed by atoms with E-state index >= 15 is 0 Å². The zero-order valence-electron chi connectivity index (χ0n) is 9.96. The molecule has 5 heteroatoms. The third-order valence-electron chi connectivity index (χ3n) is 2.68. The van der Waals surface area contributed by atoms with Gasteiger partial charge in [0.05, 0.1) is 25.6 Å². The Morgan fingerprint density at radius 1 is 1.39 bits per heavy atom. The minimum absolute atomic E-state index is 0.275. The molecular weight excluding hydrogens is 232 g/mol. The summed E-state index contributed by atoms with van der Waals surface area (Å²) in [6.07, 6.45) is 0.128. The quantitative estimate of drug-likeness (QED) is 0.791. The minimum atomic E-state index is -0.275. The summed E-state index contributed by atoms with van der Waals surface area (Å²) in [4.78, 5) is 12.8. The molecule has 0 atom stereocenters. The van der Waals surface area contributed by atoms with Crippen molar-refractivity contribution in [3.8, 4) is 11.8 Å². The number of nitriles is 1. The molecule has 1 saturated heterocycles. The average Bonchev–Trinajstić information content (AvgIpc) is 2.78. The van der Waals surface area contributed by atoms with Crippen molar-refractivity contribution in [3.63, 3.8) is 0 Å². The normalized spacial score (nSPS) is 14.2. The Labute approximate surface area is 106 Å². The van der Waals surface area contributed by atoms with Crippen LogP contribution in [0, 0.1) is 11.3 Å². The number of nitrogens with zero attached hydrogens (tertiary/aromatic N) is 2. The summed E-state index contributed by atoms with van der Waals surface area (Å²) in [7, 11) is 0. The minimum Gasteiger partial charge on any atom is -0.492 e. The van der Waals surface area contributed by atoms with Crippen molar-refractivity contribution < 1.29 is 14.3 Å². The van der Waals surface area contributed by atoms with Crippen molar-refractivity contribution in [2.24, 2.45) is 0 Å². The first-order valence-electron chi connectivity index (χ1n) is 5.80. The molecule has 0 spiro atoms. The fourth-order valence-corrected chi connectivity index (χ4v) is 1.70. The Hall–Kier alpha value is -2.22. The van der Waals surface area contributed by atoms with Crippen molar-refractivity contribution in [3.05, 3.63) is 29.8 Å². The number of hydrogen-bond donors (Lipinski definition) is 0. The summed E-state index contributed by atoms with van der Waals surface area (Å²) in [5.41, 5.74) is 0.966. The number of ether oxygens (including phenoxy) is 2. The highest BCUT2D eigenvalue weighted by Gasteiger charge is 2.21. The lowest BCUT2D eigenvalue weighted by atomic mass is 10.2. The smallest absolute Gasteiger partial charge is 0.410 e. The van der Waals surface area contributed by atoms with Gasteiger partial charge in [-0.3, -0.25) is 0 Å². The van der Waals surface area contributed by atoms with E-state index in [9.17, 15) is 4.79 Å². The maximum atomic E-state index is 11.2. The first-order valence-corrected chi connectivity index (χ1v) is 5.80. The standard InChI is InChI=1S/C13H14N2O3/c14-6-5-11-1-3-12(4-2-11)17-9-7-15-8-10-18-13(15)16/h1-4H,5,7-10H2. The van der Waals surface area contributed by atoms with Crippen LogP contribution in [-0.4, -0.2) is 37.3 Å². The zero-order chi connectivity index (χ0) is 12.8. The SMILES string of the molecule is N#CCc1ccc(OCCN2CCOC2=O)cc1. The van der Waals surface area contributed by atoms with Gasteiger partial charge in [-0.15, -0.1) is 0 Å². The van der Waals surface area contributed by atoms with E-state index in [1.807, 2.05) is 24.3 Å². The van der Waals surface area contributed by atoms with Crippen LogP contribution in [0.25, 0.3) is 0 Å². The van der Waals surface area contributed by atoms with Gasteiger partial charge in [-0.25, -0.2) is 4.79 Å². The maximum absolute atomic E-state index is 11.2. The van der Waals surface area contributed by atoms with Crippen LogP contribution in [0.3, 0.4) is 0 Å². The molecule has 0 aromatic heterocycles. The molecule has 1 aliphatic heterocycles. The summed E-state index contributed by atoms with van der Waals surface area (Å²) < 4.78 is 10.3. The van der Waals surface area contributed by atoms with Gasteiger partial charge in [0.15, 0.2) is 0 Å². The van der Waals surface area contributed by atoms with E-state index in [0.29, 0.717) is 32.7 Å². The summed E-state index contributed by atoms with van der Waals surface area (Å²) >= 11 is 0. The molecule has 1 aromatic carbocycles. The molecule has 1 fully saturated rings. The Kier molecular flexibility index (Phi) is 4.02. The van der Waals surface area contributed by atoms with Gasteiger partial charge in [0.25, 0.3) is 0 Å². The molecule has 1 amide bonds. The Bertz CT molecular complexity index is 450. The van der Waals surface area contributed by atoms with E-state index in [1.54, 1.807) is 4.90 Å². The molecule has 0 bridgehead atoms. The third kappa shape index (κ3) is 3.14. The molecule has 18 heavy (non-hydrogen) atoms. The van der Waals surface area contributed by atoms with Gasteiger partial charge < -0.3 is 14.4 Å². The fraction of sp³-hybridized carbons (Fsp3) is 0.385. The van der Waals surface area contributed by atoms with Crippen molar-refractivity contribution in [1.29, 1.82) is 5.26 Å². The maximum Gasteiger partial charge on any atom is 0.410 e. The van der Waals surface area contributed by atoms with E-state index in [-0.39, 0.29) is 6.09 Å². The second-order valence-electron chi connectivity index (χ2n) is 3.93. The van der Waals surface area contributed by atoms with Gasteiger partial charge in [-0.1, -0.05) is 12.1 Å². The van der Waals surface area contributed by atoms with Gasteiger partial charge in [-0.05, 0) is 17.7 Å². The molecule has 1 aromatic rings. The molecule has 94 valence electrons. The largest absolute Gasteiger partial charge is 0.492 e. The number of carbonyl (C=O) groups excluding carboxylic acids is 1. The highest BCUT2D eigenvalue weighted by atomic mass is 16.6. The predicted octanol–water partition coefficient (Wildman–Crippen LogP) is 1.58. The molecule has 2 rings (SSSR count). The molecular formula is C13H14N2O3. The first kappa shape index (κ1) is 12.2. The third-order valence-corrected chi connectivity index (χ3v) is 2.68. The summed E-state index contributed by atoms with van der Waals surface area (Å²) in [5.74, 6) is 0.740. The number of hydrogen-bond acceptors (Lipinski definition) is 4. The van der Waals surface area contributed by atoms with Crippen molar-refractivity contribution in [1.82, 2.24) is 4.90 Å². The number of benzene rings is 1. The molecule has 0 saturated carbocycles. The fourth-order valence-electron chi connectivity index (χ4n) is 1.70. The van der Waals surface area contributed by atoms with Crippen LogP contribution < -0.4 is 4.74 Å². The van der Waals surface area contributed by atoms with E-state index in [0.717, 1.165) is 11.3 Å². The van der Waals surface area contributed by atoms with Crippen LogP contribution in [0.2, 0.25) is 0 Å². The number of carbonyl (C=O) groups is 1. The van der Waals surface area contributed by atoms with Crippen molar-refractivity contribution in [2.75, 3.05) is 26.3 Å². The molecule has 1 heterocycles. The van der Waals surface area contributed by atoms with Gasteiger partial charge >= 0.3 is 6.09 Å². The topological polar surface area (TPSA) is 62.6 Å². The molecule has 1 aliphatic rings. The summed E-state index contributed by atoms with van der Waals surface area (Å²) in [6.45, 7) is 2.05. The van der Waals surface area contributed by atoms with Gasteiger partial charge in [0.2, 0.25) is 0 Å². The molecule has 5 nitrogen and oxygen atoms in total. The van der Waals surface area contributed by atoms with E-state index in [2.05, 4.69) is 6.07 Å². The number of rotatable bonds is 5. The highest BCUT2D eigenvalue weighted by molar-refractivity contribution is 5.69. The number of cyclic esters (lactones) is 1. The highest BCUT2D eigenvalue weighted by Crippen LogP contribution is 2.12. The average molecular weight is 246 g/mol. The van der Waals surface area contributed by atoms with E-state index < -0.39 is 0 Å². The summed E-state index contributed by atoms with van der Waals surface area (Å²) in [6, 6.07) is 9.47. The monoisotopic (exact) mass is 246 g/mol. The molecule has 0 radical (unpaired) electrons. The van der Waals surface area contributed by atoms with Crippen LogP contribution in [0.15, 0.2) is 24.3 Å². The molecule has 0 unspecified atom stereocenters. The van der Waals surface area contributed by atoms with Crippen LogP contribution in [0.4, 0.5) is 4.79 Å².